The maximum Gasteiger partial charge on any atom is 0.253 e. The van der Waals surface area contributed by atoms with E-state index in [1.54, 1.807) is 17.0 Å². The summed E-state index contributed by atoms with van der Waals surface area (Å²) in [4.78, 5) is 14.1. The van der Waals surface area contributed by atoms with Crippen molar-refractivity contribution in [2.75, 3.05) is 13.1 Å². The van der Waals surface area contributed by atoms with E-state index >= 15 is 0 Å². The van der Waals surface area contributed by atoms with E-state index in [0.29, 0.717) is 31.0 Å². The molecule has 0 saturated carbocycles. The van der Waals surface area contributed by atoms with E-state index in [1.807, 2.05) is 12.1 Å². The number of piperidine rings is 1. The smallest absolute Gasteiger partial charge is 0.253 e. The molecule has 0 atom stereocenters. The number of carbonyl (C=O) groups is 1. The van der Waals surface area contributed by atoms with Crippen LogP contribution in [0.15, 0.2) is 42.5 Å². The van der Waals surface area contributed by atoms with Crippen LogP contribution in [-0.2, 0) is 0 Å². The fourth-order valence-corrected chi connectivity index (χ4v) is 2.84. The molecule has 1 amide bonds. The van der Waals surface area contributed by atoms with Gasteiger partial charge in [-0.2, -0.15) is 0 Å². The second-order valence-electron chi connectivity index (χ2n) is 5.73. The molecule has 1 aliphatic heterocycles. The van der Waals surface area contributed by atoms with Crippen molar-refractivity contribution in [2.24, 2.45) is 0 Å². The molecule has 2 aromatic carbocycles. The molecule has 1 aliphatic rings. The van der Waals surface area contributed by atoms with E-state index in [9.17, 15) is 14.3 Å². The number of aromatic hydroxyl groups is 1. The molecule has 6 heteroatoms. The highest BCUT2D eigenvalue weighted by atomic mass is 35.5. The van der Waals surface area contributed by atoms with Crippen LogP contribution >= 0.6 is 11.6 Å². The quantitative estimate of drug-likeness (QED) is 0.915. The van der Waals surface area contributed by atoms with Gasteiger partial charge in [0.2, 0.25) is 0 Å². The second-order valence-corrected chi connectivity index (χ2v) is 6.17. The lowest BCUT2D eigenvalue weighted by Crippen LogP contribution is -2.41. The molecule has 126 valence electrons. The van der Waals surface area contributed by atoms with Crippen molar-refractivity contribution in [3.63, 3.8) is 0 Å². The Balaban J connectivity index is 1.57. The van der Waals surface area contributed by atoms with E-state index in [0.717, 1.165) is 17.9 Å². The van der Waals surface area contributed by atoms with Crippen LogP contribution in [0.1, 0.15) is 23.2 Å². The number of phenolic OH excluding ortho intramolecular Hbond substituents is 1. The number of phenols is 1. The van der Waals surface area contributed by atoms with Crippen molar-refractivity contribution >= 4 is 17.5 Å². The monoisotopic (exact) mass is 349 g/mol. The van der Waals surface area contributed by atoms with Gasteiger partial charge in [0.15, 0.2) is 11.6 Å². The number of halogens is 2. The Kier molecular flexibility index (Phi) is 4.90. The van der Waals surface area contributed by atoms with Gasteiger partial charge in [-0.25, -0.2) is 4.39 Å². The Bertz CT molecular complexity index is 728. The minimum absolute atomic E-state index is 0.0387. The summed E-state index contributed by atoms with van der Waals surface area (Å²) in [6.07, 6.45) is 1.46. The molecule has 4 nitrogen and oxygen atoms in total. The summed E-state index contributed by atoms with van der Waals surface area (Å²) in [6.45, 7) is 1.10. The molecule has 1 fully saturated rings. The third kappa shape index (κ3) is 3.79. The van der Waals surface area contributed by atoms with Crippen LogP contribution in [-0.4, -0.2) is 35.1 Å². The summed E-state index contributed by atoms with van der Waals surface area (Å²) < 4.78 is 19.0. The molecule has 24 heavy (non-hydrogen) atoms. The lowest BCUT2D eigenvalue weighted by molar-refractivity contribution is 0.0595. The summed E-state index contributed by atoms with van der Waals surface area (Å²) in [5.41, 5.74) is 0.283. The van der Waals surface area contributed by atoms with Gasteiger partial charge in [-0.1, -0.05) is 11.6 Å². The predicted octanol–water partition coefficient (Wildman–Crippen LogP) is 3.87. The average Bonchev–Trinajstić information content (AvgIpc) is 2.59. The first-order chi connectivity index (χ1) is 11.5. The van der Waals surface area contributed by atoms with E-state index in [-0.39, 0.29) is 17.6 Å². The number of hydrogen-bond acceptors (Lipinski definition) is 3. The van der Waals surface area contributed by atoms with Gasteiger partial charge in [0.1, 0.15) is 11.9 Å². The minimum Gasteiger partial charge on any atom is -0.505 e. The maximum atomic E-state index is 13.1. The highest BCUT2D eigenvalue weighted by Crippen LogP contribution is 2.23. The normalized spacial score (nSPS) is 15.3. The van der Waals surface area contributed by atoms with Crippen LogP contribution in [0.3, 0.4) is 0 Å². The highest BCUT2D eigenvalue weighted by molar-refractivity contribution is 6.30. The van der Waals surface area contributed by atoms with Gasteiger partial charge in [0.05, 0.1) is 0 Å². The molecule has 1 heterocycles. The molecule has 0 unspecified atom stereocenters. The fraction of sp³-hybridized carbons (Fsp3) is 0.278. The summed E-state index contributed by atoms with van der Waals surface area (Å²) in [5.74, 6) is -0.702. The number of likely N-dealkylation sites (tertiary alicyclic amines) is 1. The number of ether oxygens (including phenoxy) is 1. The van der Waals surface area contributed by atoms with Crippen molar-refractivity contribution in [2.45, 2.75) is 18.9 Å². The van der Waals surface area contributed by atoms with Gasteiger partial charge in [-0.05, 0) is 42.5 Å². The Labute approximate surface area is 144 Å². The average molecular weight is 350 g/mol. The van der Waals surface area contributed by atoms with Gasteiger partial charge in [0.25, 0.3) is 5.91 Å². The van der Waals surface area contributed by atoms with Crippen LogP contribution < -0.4 is 4.74 Å². The predicted molar refractivity (Wildman–Crippen MR) is 89.1 cm³/mol. The van der Waals surface area contributed by atoms with Crippen LogP contribution in [0.2, 0.25) is 5.02 Å². The number of carbonyl (C=O) groups excluding carboxylic acids is 1. The molecule has 1 saturated heterocycles. The minimum atomic E-state index is -0.735. The molecule has 0 aliphatic carbocycles. The Hall–Kier alpha value is -2.27. The van der Waals surface area contributed by atoms with Gasteiger partial charge in [-0.15, -0.1) is 0 Å². The number of rotatable bonds is 3. The standard InChI is InChI=1S/C18H17ClFNO3/c19-13-2-4-14(5-3-13)24-15-7-9-21(10-8-15)18(23)12-1-6-16(20)17(22)11-12/h1-6,11,15,22H,7-10H2. The van der Waals surface area contributed by atoms with Gasteiger partial charge in [-0.3, -0.25) is 4.79 Å². The van der Waals surface area contributed by atoms with Crippen molar-refractivity contribution in [1.82, 2.24) is 4.90 Å². The number of amides is 1. The third-order valence-electron chi connectivity index (χ3n) is 4.04. The first-order valence-electron chi connectivity index (χ1n) is 7.73. The van der Waals surface area contributed by atoms with Crippen molar-refractivity contribution in [1.29, 1.82) is 0 Å². The summed E-state index contributed by atoms with van der Waals surface area (Å²) in [5, 5.41) is 10.1. The lowest BCUT2D eigenvalue weighted by Gasteiger charge is -2.32. The van der Waals surface area contributed by atoms with Crippen molar-refractivity contribution in [3.05, 3.63) is 58.9 Å². The Morgan fingerprint density at radius 2 is 1.83 bits per heavy atom. The van der Waals surface area contributed by atoms with Crippen molar-refractivity contribution in [3.8, 4) is 11.5 Å². The molecule has 1 N–H and O–H groups in total. The molecule has 0 aromatic heterocycles. The summed E-state index contributed by atoms with van der Waals surface area (Å²) >= 11 is 5.85. The molecule has 0 bridgehead atoms. The number of nitrogens with zero attached hydrogens (tertiary/aromatic N) is 1. The second kappa shape index (κ2) is 7.09. The topological polar surface area (TPSA) is 49.8 Å². The fourth-order valence-electron chi connectivity index (χ4n) is 2.71. The molecular formula is C18H17ClFNO3. The van der Waals surface area contributed by atoms with Crippen LogP contribution in [0.25, 0.3) is 0 Å². The zero-order chi connectivity index (χ0) is 17.1. The third-order valence-corrected chi connectivity index (χ3v) is 4.29. The molecular weight excluding hydrogens is 333 g/mol. The molecule has 3 rings (SSSR count). The SMILES string of the molecule is O=C(c1ccc(F)c(O)c1)N1CCC(Oc2ccc(Cl)cc2)CC1. The number of hydrogen-bond donors (Lipinski definition) is 1. The first-order valence-corrected chi connectivity index (χ1v) is 8.11. The summed E-state index contributed by atoms with van der Waals surface area (Å²) in [7, 11) is 0. The lowest BCUT2D eigenvalue weighted by atomic mass is 10.1. The molecule has 0 radical (unpaired) electrons. The van der Waals surface area contributed by atoms with E-state index in [1.165, 1.54) is 6.07 Å². The van der Waals surface area contributed by atoms with Crippen molar-refractivity contribution < 1.29 is 19.0 Å². The zero-order valence-electron chi connectivity index (χ0n) is 12.9. The number of benzene rings is 2. The van der Waals surface area contributed by atoms with Gasteiger partial charge < -0.3 is 14.7 Å². The van der Waals surface area contributed by atoms with Crippen LogP contribution in [0, 0.1) is 5.82 Å². The maximum absolute atomic E-state index is 13.1. The van der Waals surface area contributed by atoms with Crippen LogP contribution in [0.5, 0.6) is 11.5 Å². The highest BCUT2D eigenvalue weighted by Gasteiger charge is 2.25. The Morgan fingerprint density at radius 3 is 2.46 bits per heavy atom. The zero-order valence-corrected chi connectivity index (χ0v) is 13.7. The first kappa shape index (κ1) is 16.6. The van der Waals surface area contributed by atoms with Crippen LogP contribution in [0.4, 0.5) is 4.39 Å². The van der Waals surface area contributed by atoms with Gasteiger partial charge in [0, 0.05) is 36.5 Å². The molecule has 0 spiro atoms. The Morgan fingerprint density at radius 1 is 1.17 bits per heavy atom. The van der Waals surface area contributed by atoms with E-state index in [4.69, 9.17) is 16.3 Å². The molecule has 2 aromatic rings. The van der Waals surface area contributed by atoms with E-state index < -0.39 is 11.6 Å². The largest absolute Gasteiger partial charge is 0.505 e. The summed E-state index contributed by atoms with van der Waals surface area (Å²) in [6, 6.07) is 10.8. The van der Waals surface area contributed by atoms with Gasteiger partial charge >= 0.3 is 0 Å². The van der Waals surface area contributed by atoms with E-state index in [2.05, 4.69) is 0 Å².